The lowest BCUT2D eigenvalue weighted by atomic mass is 10.0. The van der Waals surface area contributed by atoms with Crippen LogP contribution in [0.2, 0.25) is 0 Å². The minimum absolute atomic E-state index is 0.104. The summed E-state index contributed by atoms with van der Waals surface area (Å²) in [5.41, 5.74) is -0.104. The van der Waals surface area contributed by atoms with Crippen LogP contribution >= 0.6 is 0 Å². The maximum atomic E-state index is 13.9. The number of rotatable bonds is 16. The molecule has 1 aromatic carbocycles. The summed E-state index contributed by atoms with van der Waals surface area (Å²) in [6, 6.07) is 5.04. The molecule has 28 heavy (non-hydrogen) atoms. The highest BCUT2D eigenvalue weighted by atomic mass is 19.1. The van der Waals surface area contributed by atoms with Gasteiger partial charge in [0.15, 0.2) is 6.17 Å². The van der Waals surface area contributed by atoms with Crippen molar-refractivity contribution in [3.63, 3.8) is 0 Å². The lowest BCUT2D eigenvalue weighted by Crippen LogP contribution is -2.21. The monoisotopic (exact) mass is 395 g/mol. The fraction of sp³-hybridized carbons (Fsp3) is 0.682. The van der Waals surface area contributed by atoms with Crippen LogP contribution in [-0.2, 0) is 4.79 Å². The summed E-state index contributed by atoms with van der Waals surface area (Å²) in [4.78, 5) is 21.8. The first kappa shape index (κ1) is 24.1. The molecule has 0 saturated heterocycles. The van der Waals surface area contributed by atoms with E-state index in [1.54, 1.807) is 0 Å². The summed E-state index contributed by atoms with van der Waals surface area (Å²) >= 11 is 0. The largest absolute Gasteiger partial charge is 0.424 e. The number of nitro benzene ring substituents is 1. The Labute approximate surface area is 167 Å². The van der Waals surface area contributed by atoms with Crippen molar-refractivity contribution in [3.8, 4) is 5.75 Å². The lowest BCUT2D eigenvalue weighted by Gasteiger charge is -2.08. The Kier molecular flexibility index (Phi) is 12.9. The number of benzene rings is 1. The molecule has 0 spiro atoms. The van der Waals surface area contributed by atoms with E-state index in [2.05, 4.69) is 6.92 Å². The predicted octanol–water partition coefficient (Wildman–Crippen LogP) is 6.93. The van der Waals surface area contributed by atoms with Crippen LogP contribution in [0.25, 0.3) is 0 Å². The molecule has 0 heterocycles. The van der Waals surface area contributed by atoms with Crippen LogP contribution in [0.1, 0.15) is 90.4 Å². The number of non-ortho nitro benzene ring substituents is 1. The molecule has 1 unspecified atom stereocenters. The van der Waals surface area contributed by atoms with E-state index in [4.69, 9.17) is 4.74 Å². The van der Waals surface area contributed by atoms with Gasteiger partial charge in [-0.25, -0.2) is 9.18 Å². The SMILES string of the molecule is CCCCCCCCCCCCCCC(F)C(=O)Oc1ccc([N+](=O)[O-])cc1. The number of carbonyl (C=O) groups is 1. The van der Waals surface area contributed by atoms with Crippen molar-refractivity contribution in [2.45, 2.75) is 96.6 Å². The van der Waals surface area contributed by atoms with Crippen LogP contribution in [0, 0.1) is 10.1 Å². The van der Waals surface area contributed by atoms with Gasteiger partial charge in [-0.15, -0.1) is 0 Å². The third-order valence-electron chi connectivity index (χ3n) is 4.83. The van der Waals surface area contributed by atoms with Gasteiger partial charge in [0, 0.05) is 12.1 Å². The summed E-state index contributed by atoms with van der Waals surface area (Å²) in [5, 5.41) is 10.6. The van der Waals surface area contributed by atoms with Gasteiger partial charge in [0.25, 0.3) is 5.69 Å². The van der Waals surface area contributed by atoms with Gasteiger partial charge in [-0.3, -0.25) is 10.1 Å². The van der Waals surface area contributed by atoms with Crippen molar-refractivity contribution in [2.75, 3.05) is 0 Å². The molecule has 1 atom stereocenters. The molecule has 0 radical (unpaired) electrons. The predicted molar refractivity (Wildman–Crippen MR) is 109 cm³/mol. The zero-order valence-corrected chi connectivity index (χ0v) is 17.0. The molecule has 5 nitrogen and oxygen atoms in total. The number of nitrogens with zero attached hydrogens (tertiary/aromatic N) is 1. The van der Waals surface area contributed by atoms with Gasteiger partial charge in [-0.1, -0.05) is 77.6 Å². The number of carbonyl (C=O) groups excluding carboxylic acids is 1. The Morgan fingerprint density at radius 2 is 1.39 bits per heavy atom. The van der Waals surface area contributed by atoms with Gasteiger partial charge in [0.05, 0.1) is 4.92 Å². The van der Waals surface area contributed by atoms with Crippen molar-refractivity contribution in [2.24, 2.45) is 0 Å². The molecule has 1 aromatic rings. The summed E-state index contributed by atoms with van der Waals surface area (Å²) in [6.45, 7) is 2.23. The minimum Gasteiger partial charge on any atom is -0.424 e. The molecule has 0 fully saturated rings. The number of hydrogen-bond acceptors (Lipinski definition) is 4. The number of nitro groups is 1. The molecule has 0 aliphatic heterocycles. The zero-order chi connectivity index (χ0) is 20.6. The average molecular weight is 396 g/mol. The Balaban J connectivity index is 2.03. The highest BCUT2D eigenvalue weighted by Crippen LogP contribution is 2.19. The molecule has 1 rings (SSSR count). The van der Waals surface area contributed by atoms with Crippen molar-refractivity contribution in [1.82, 2.24) is 0 Å². The van der Waals surface area contributed by atoms with Crippen LogP contribution in [-0.4, -0.2) is 17.1 Å². The highest BCUT2D eigenvalue weighted by molar-refractivity contribution is 5.77. The Hall–Kier alpha value is -1.98. The van der Waals surface area contributed by atoms with Gasteiger partial charge in [0.2, 0.25) is 0 Å². The summed E-state index contributed by atoms with van der Waals surface area (Å²) in [6.07, 6.45) is 12.8. The molecule has 0 aromatic heterocycles. The molecule has 0 aliphatic rings. The van der Waals surface area contributed by atoms with E-state index in [0.717, 1.165) is 12.8 Å². The first-order chi connectivity index (χ1) is 13.5. The van der Waals surface area contributed by atoms with Gasteiger partial charge in [-0.2, -0.15) is 0 Å². The number of hydrogen-bond donors (Lipinski definition) is 0. The van der Waals surface area contributed by atoms with Gasteiger partial charge >= 0.3 is 5.97 Å². The summed E-state index contributed by atoms with van der Waals surface area (Å²) < 4.78 is 18.8. The number of alkyl halides is 1. The molecule has 0 N–H and O–H groups in total. The summed E-state index contributed by atoms with van der Waals surface area (Å²) in [7, 11) is 0. The van der Waals surface area contributed by atoms with E-state index in [1.165, 1.54) is 82.1 Å². The molecule has 0 bridgehead atoms. The molecule has 6 heteroatoms. The third-order valence-corrected chi connectivity index (χ3v) is 4.83. The van der Waals surface area contributed by atoms with Crippen molar-refractivity contribution >= 4 is 11.7 Å². The lowest BCUT2D eigenvalue weighted by molar-refractivity contribution is -0.384. The van der Waals surface area contributed by atoms with E-state index in [1.807, 2.05) is 0 Å². The molecule has 0 amide bonds. The van der Waals surface area contributed by atoms with Crippen LogP contribution < -0.4 is 4.74 Å². The van der Waals surface area contributed by atoms with E-state index in [0.29, 0.717) is 6.42 Å². The first-order valence-corrected chi connectivity index (χ1v) is 10.6. The Bertz CT molecular complexity index is 562. The third kappa shape index (κ3) is 11.0. The molecule has 0 aliphatic carbocycles. The second-order valence-corrected chi connectivity index (χ2v) is 7.32. The zero-order valence-electron chi connectivity index (χ0n) is 17.0. The standard InChI is InChI=1S/C22H34FNO4/c1-2-3-4-5-6-7-8-9-10-11-12-13-14-21(23)22(25)28-20-17-15-19(16-18-20)24(26)27/h15-18,21H,2-14H2,1H3. The maximum absolute atomic E-state index is 13.9. The van der Waals surface area contributed by atoms with Gasteiger partial charge in [-0.05, 0) is 25.0 Å². The van der Waals surface area contributed by atoms with E-state index in [9.17, 15) is 19.3 Å². The second-order valence-electron chi connectivity index (χ2n) is 7.32. The Morgan fingerprint density at radius 1 is 0.929 bits per heavy atom. The first-order valence-electron chi connectivity index (χ1n) is 10.6. The van der Waals surface area contributed by atoms with Crippen LogP contribution in [0.15, 0.2) is 24.3 Å². The maximum Gasteiger partial charge on any atom is 0.346 e. The van der Waals surface area contributed by atoms with Crippen LogP contribution in [0.3, 0.4) is 0 Å². The second kappa shape index (κ2) is 15.0. The fourth-order valence-corrected chi connectivity index (χ4v) is 3.10. The van der Waals surface area contributed by atoms with Crippen molar-refractivity contribution in [3.05, 3.63) is 34.4 Å². The smallest absolute Gasteiger partial charge is 0.346 e. The number of esters is 1. The fourth-order valence-electron chi connectivity index (χ4n) is 3.10. The van der Waals surface area contributed by atoms with Crippen molar-refractivity contribution < 1.29 is 18.8 Å². The minimum atomic E-state index is -1.65. The molecule has 0 saturated carbocycles. The Morgan fingerprint density at radius 3 is 1.86 bits per heavy atom. The van der Waals surface area contributed by atoms with Gasteiger partial charge in [0.1, 0.15) is 5.75 Å². The average Bonchev–Trinajstić information content (AvgIpc) is 2.69. The summed E-state index contributed by atoms with van der Waals surface area (Å²) in [5.74, 6) is -0.815. The topological polar surface area (TPSA) is 69.4 Å². The van der Waals surface area contributed by atoms with Crippen LogP contribution in [0.4, 0.5) is 10.1 Å². The van der Waals surface area contributed by atoms with Crippen molar-refractivity contribution in [1.29, 1.82) is 0 Å². The number of halogens is 1. The molecular weight excluding hydrogens is 361 g/mol. The number of ether oxygens (including phenoxy) is 1. The van der Waals surface area contributed by atoms with E-state index < -0.39 is 17.1 Å². The highest BCUT2D eigenvalue weighted by Gasteiger charge is 2.19. The molecular formula is C22H34FNO4. The van der Waals surface area contributed by atoms with E-state index in [-0.39, 0.29) is 17.9 Å². The quantitative estimate of drug-likeness (QED) is 0.100. The van der Waals surface area contributed by atoms with E-state index >= 15 is 0 Å². The number of unbranched alkanes of at least 4 members (excludes halogenated alkanes) is 11. The molecule has 158 valence electrons. The normalized spacial score (nSPS) is 11.9. The van der Waals surface area contributed by atoms with Crippen LogP contribution in [0.5, 0.6) is 5.75 Å². The van der Waals surface area contributed by atoms with Gasteiger partial charge < -0.3 is 4.74 Å².